The second-order valence-electron chi connectivity index (χ2n) is 6.47. The molecule has 29 heavy (non-hydrogen) atoms. The zero-order chi connectivity index (χ0) is 19.1. The third kappa shape index (κ3) is 8.03. The molecule has 0 radical (unpaired) electrons. The number of hydrogen-bond donors (Lipinski definition) is 1. The largest absolute Gasteiger partial charge is 0.485 e. The summed E-state index contributed by atoms with van der Waals surface area (Å²) in [4.78, 5) is 11.1. The summed E-state index contributed by atoms with van der Waals surface area (Å²) < 4.78 is 6.08. The molecule has 1 aromatic carbocycles. The van der Waals surface area contributed by atoms with E-state index in [1.165, 1.54) is 0 Å². The predicted molar refractivity (Wildman–Crippen MR) is 127 cm³/mol. The minimum Gasteiger partial charge on any atom is -0.485 e. The van der Waals surface area contributed by atoms with Gasteiger partial charge < -0.3 is 15.0 Å². The Kier molecular flexibility index (Phi) is 10.7. The fourth-order valence-electron chi connectivity index (χ4n) is 2.40. The number of pyridine rings is 1. The van der Waals surface area contributed by atoms with Gasteiger partial charge in [-0.2, -0.15) is 0 Å². The summed E-state index contributed by atoms with van der Waals surface area (Å²) in [5.41, 5.74) is 3.10. The molecule has 2 heterocycles. The molecule has 0 spiro atoms. The predicted octanol–water partition coefficient (Wildman–Crippen LogP) is 5.59. The topological polar surface area (TPSA) is 50.3 Å². The molecular formula is C21H26Cl2N4OS. The number of hydrogen-bond acceptors (Lipinski definition) is 6. The highest BCUT2D eigenvalue weighted by Crippen LogP contribution is 2.29. The van der Waals surface area contributed by atoms with Crippen LogP contribution in [-0.2, 0) is 6.61 Å². The van der Waals surface area contributed by atoms with Crippen molar-refractivity contribution >= 4 is 53.2 Å². The average Bonchev–Trinajstić information content (AvgIpc) is 3.07. The van der Waals surface area contributed by atoms with Gasteiger partial charge >= 0.3 is 0 Å². The molecule has 0 fully saturated rings. The van der Waals surface area contributed by atoms with Gasteiger partial charge in [0, 0.05) is 18.1 Å². The third-order valence-electron chi connectivity index (χ3n) is 3.74. The first-order valence-corrected chi connectivity index (χ1v) is 9.65. The maximum atomic E-state index is 6.08. The summed E-state index contributed by atoms with van der Waals surface area (Å²) in [6.45, 7) is 3.33. The minimum absolute atomic E-state index is 0. The summed E-state index contributed by atoms with van der Waals surface area (Å²) in [7, 11) is 4.08. The Balaban J connectivity index is 0.00000210. The normalized spacial score (nSPS) is 10.5. The van der Waals surface area contributed by atoms with Crippen molar-refractivity contribution in [3.8, 4) is 5.75 Å². The van der Waals surface area contributed by atoms with E-state index in [1.54, 1.807) is 11.3 Å². The highest BCUT2D eigenvalue weighted by atomic mass is 35.5. The molecule has 0 amide bonds. The monoisotopic (exact) mass is 452 g/mol. The van der Waals surface area contributed by atoms with E-state index in [1.807, 2.05) is 69.0 Å². The lowest BCUT2D eigenvalue weighted by Gasteiger charge is -2.12. The first-order valence-electron chi connectivity index (χ1n) is 8.77. The van der Waals surface area contributed by atoms with Gasteiger partial charge in [0.05, 0.1) is 5.69 Å². The Morgan fingerprint density at radius 1 is 1.17 bits per heavy atom. The Morgan fingerprint density at radius 3 is 2.59 bits per heavy atom. The van der Waals surface area contributed by atoms with Crippen LogP contribution < -0.4 is 10.1 Å². The summed E-state index contributed by atoms with van der Waals surface area (Å²) in [5, 5.41) is 6.08. The number of nitrogens with zero attached hydrogens (tertiary/aromatic N) is 3. The second kappa shape index (κ2) is 12.4. The zero-order valence-corrected chi connectivity index (χ0v) is 19.1. The Bertz CT molecular complexity index is 901. The van der Waals surface area contributed by atoms with Crippen molar-refractivity contribution < 1.29 is 4.74 Å². The molecule has 0 aliphatic carbocycles. The van der Waals surface area contributed by atoms with E-state index in [9.17, 15) is 0 Å². The van der Waals surface area contributed by atoms with Gasteiger partial charge in [-0.1, -0.05) is 42.5 Å². The number of anilines is 2. The standard InChI is InChI=1S/C21H24N4OS.2ClH/c1-16-15-27-21(23-16)24-20-19(26-14-17-8-5-4-6-9-17)12-18(13-22-20)10-7-11-25(2)3;;/h4-10,12-13,15H,11,14H2,1-3H3,(H,22,23,24);2*1H/b10-7+;;. The smallest absolute Gasteiger partial charge is 0.188 e. The van der Waals surface area contributed by atoms with Crippen LogP contribution in [0.5, 0.6) is 5.75 Å². The van der Waals surface area contributed by atoms with Crippen LogP contribution in [0.3, 0.4) is 0 Å². The minimum atomic E-state index is 0. The Morgan fingerprint density at radius 2 is 1.93 bits per heavy atom. The van der Waals surface area contributed by atoms with Crippen LogP contribution >= 0.6 is 36.2 Å². The quantitative estimate of drug-likeness (QED) is 0.482. The lowest BCUT2D eigenvalue weighted by atomic mass is 10.2. The molecule has 1 N–H and O–H groups in total. The summed E-state index contributed by atoms with van der Waals surface area (Å²) in [6.07, 6.45) is 6.00. The van der Waals surface area contributed by atoms with Gasteiger partial charge in [-0.05, 0) is 38.2 Å². The highest BCUT2D eigenvalue weighted by molar-refractivity contribution is 7.13. The van der Waals surface area contributed by atoms with Crippen molar-refractivity contribution in [2.24, 2.45) is 0 Å². The number of halogens is 2. The molecule has 3 aromatic rings. The van der Waals surface area contributed by atoms with Crippen LogP contribution in [0.4, 0.5) is 10.9 Å². The van der Waals surface area contributed by atoms with Crippen LogP contribution in [0.25, 0.3) is 6.08 Å². The highest BCUT2D eigenvalue weighted by Gasteiger charge is 2.09. The summed E-state index contributed by atoms with van der Waals surface area (Å²) in [6, 6.07) is 12.1. The second-order valence-corrected chi connectivity index (χ2v) is 7.33. The number of nitrogens with one attached hydrogen (secondary N) is 1. The van der Waals surface area contributed by atoms with Gasteiger partial charge in [0.1, 0.15) is 6.61 Å². The third-order valence-corrected chi connectivity index (χ3v) is 4.61. The number of aryl methyl sites for hydroxylation is 1. The van der Waals surface area contributed by atoms with E-state index < -0.39 is 0 Å². The fraction of sp³-hybridized carbons (Fsp3) is 0.238. The van der Waals surface area contributed by atoms with Crippen molar-refractivity contribution in [1.82, 2.24) is 14.9 Å². The number of rotatable bonds is 8. The number of likely N-dealkylation sites (N-methyl/N-ethyl adjacent to an activating group) is 1. The summed E-state index contributed by atoms with van der Waals surface area (Å²) in [5.74, 6) is 1.38. The van der Waals surface area contributed by atoms with Crippen LogP contribution in [-0.4, -0.2) is 35.5 Å². The van der Waals surface area contributed by atoms with E-state index in [4.69, 9.17) is 4.74 Å². The molecule has 0 saturated carbocycles. The average molecular weight is 453 g/mol. The molecule has 8 heteroatoms. The van der Waals surface area contributed by atoms with Crippen molar-refractivity contribution in [1.29, 1.82) is 0 Å². The molecule has 0 aliphatic rings. The first-order chi connectivity index (χ1) is 13.1. The maximum absolute atomic E-state index is 6.08. The molecule has 0 saturated heterocycles. The van der Waals surface area contributed by atoms with Crippen LogP contribution in [0, 0.1) is 6.92 Å². The van der Waals surface area contributed by atoms with Gasteiger partial charge in [-0.15, -0.1) is 36.2 Å². The maximum Gasteiger partial charge on any atom is 0.188 e. The number of ether oxygens (including phenoxy) is 1. The van der Waals surface area contributed by atoms with Crippen molar-refractivity contribution in [3.05, 3.63) is 70.9 Å². The molecular weight excluding hydrogens is 427 g/mol. The van der Waals surface area contributed by atoms with E-state index in [-0.39, 0.29) is 24.8 Å². The molecule has 2 aromatic heterocycles. The molecule has 0 bridgehead atoms. The molecule has 156 valence electrons. The molecule has 0 unspecified atom stereocenters. The molecule has 0 atom stereocenters. The Labute approximate surface area is 188 Å². The molecule has 3 rings (SSSR count). The first kappa shape index (κ1) is 24.9. The zero-order valence-electron chi connectivity index (χ0n) is 16.7. The molecule has 5 nitrogen and oxygen atoms in total. The van der Waals surface area contributed by atoms with Crippen LogP contribution in [0.1, 0.15) is 16.8 Å². The van der Waals surface area contributed by atoms with Crippen molar-refractivity contribution in [2.45, 2.75) is 13.5 Å². The van der Waals surface area contributed by atoms with E-state index in [2.05, 4.69) is 32.3 Å². The number of thiazole rings is 1. The van der Waals surface area contributed by atoms with Gasteiger partial charge in [0.25, 0.3) is 0 Å². The SMILES string of the molecule is Cc1csc(Nc2ncc(/C=C/CN(C)C)cc2OCc2ccccc2)n1.Cl.Cl. The Hall–Kier alpha value is -2.12. The number of aromatic nitrogens is 2. The lowest BCUT2D eigenvalue weighted by Crippen LogP contribution is -2.10. The van der Waals surface area contributed by atoms with Crippen LogP contribution in [0.15, 0.2) is 54.1 Å². The number of benzene rings is 1. The van der Waals surface area contributed by atoms with Crippen molar-refractivity contribution in [2.75, 3.05) is 26.0 Å². The van der Waals surface area contributed by atoms with E-state index >= 15 is 0 Å². The van der Waals surface area contributed by atoms with E-state index in [0.29, 0.717) is 18.2 Å². The van der Waals surface area contributed by atoms with Gasteiger partial charge in [-0.25, -0.2) is 9.97 Å². The van der Waals surface area contributed by atoms with Crippen molar-refractivity contribution in [3.63, 3.8) is 0 Å². The fourth-order valence-corrected chi connectivity index (χ4v) is 3.09. The lowest BCUT2D eigenvalue weighted by molar-refractivity contribution is 0.307. The van der Waals surface area contributed by atoms with E-state index in [0.717, 1.165) is 28.5 Å². The molecule has 0 aliphatic heterocycles. The van der Waals surface area contributed by atoms with Crippen LogP contribution in [0.2, 0.25) is 0 Å². The van der Waals surface area contributed by atoms with Gasteiger partial charge in [-0.3, -0.25) is 0 Å². The van der Waals surface area contributed by atoms with Gasteiger partial charge in [0.2, 0.25) is 0 Å². The van der Waals surface area contributed by atoms with Gasteiger partial charge in [0.15, 0.2) is 16.7 Å². The summed E-state index contributed by atoms with van der Waals surface area (Å²) >= 11 is 1.55.